The lowest BCUT2D eigenvalue weighted by molar-refractivity contribution is -0.384. The highest BCUT2D eigenvalue weighted by Crippen LogP contribution is 2.29. The van der Waals surface area contributed by atoms with Crippen LogP contribution < -0.4 is 4.74 Å². The third-order valence-electron chi connectivity index (χ3n) is 4.71. The van der Waals surface area contributed by atoms with Crippen LogP contribution in [0.15, 0.2) is 48.5 Å². The largest absolute Gasteiger partial charge is 0.479 e. The van der Waals surface area contributed by atoms with Gasteiger partial charge in [0, 0.05) is 44.9 Å². The first-order valence-corrected chi connectivity index (χ1v) is 9.47. The van der Waals surface area contributed by atoms with E-state index in [1.54, 1.807) is 11.8 Å². The van der Waals surface area contributed by atoms with E-state index in [4.69, 9.17) is 16.3 Å². The van der Waals surface area contributed by atoms with Gasteiger partial charge in [-0.25, -0.2) is 0 Å². The average molecular weight is 404 g/mol. The molecule has 7 nitrogen and oxygen atoms in total. The van der Waals surface area contributed by atoms with E-state index in [-0.39, 0.29) is 22.4 Å². The van der Waals surface area contributed by atoms with Gasteiger partial charge >= 0.3 is 0 Å². The SMILES string of the molecule is C[C@H](Oc1ccc([N+](=O)[O-])cc1Cl)C(=O)N1CCN(Cc2ccccc2)CC1. The zero-order valence-corrected chi connectivity index (χ0v) is 16.3. The molecule has 2 aromatic carbocycles. The Hall–Kier alpha value is -2.64. The van der Waals surface area contributed by atoms with Crippen LogP contribution >= 0.6 is 11.6 Å². The Balaban J connectivity index is 1.52. The minimum absolute atomic E-state index is 0.113. The van der Waals surface area contributed by atoms with E-state index in [0.29, 0.717) is 13.1 Å². The van der Waals surface area contributed by atoms with Crippen LogP contribution in [0.5, 0.6) is 5.75 Å². The molecule has 8 heteroatoms. The molecule has 0 unspecified atom stereocenters. The fourth-order valence-corrected chi connectivity index (χ4v) is 3.38. The summed E-state index contributed by atoms with van der Waals surface area (Å²) in [5.41, 5.74) is 1.14. The number of benzene rings is 2. The number of hydrogen-bond acceptors (Lipinski definition) is 5. The van der Waals surface area contributed by atoms with Crippen LogP contribution in [-0.4, -0.2) is 52.9 Å². The maximum Gasteiger partial charge on any atom is 0.271 e. The van der Waals surface area contributed by atoms with E-state index < -0.39 is 11.0 Å². The zero-order chi connectivity index (χ0) is 20.1. The number of ether oxygens (including phenoxy) is 1. The van der Waals surface area contributed by atoms with Crippen LogP contribution in [0.2, 0.25) is 5.02 Å². The van der Waals surface area contributed by atoms with Crippen molar-refractivity contribution < 1.29 is 14.5 Å². The van der Waals surface area contributed by atoms with Gasteiger partial charge in [-0.05, 0) is 18.6 Å². The summed E-state index contributed by atoms with van der Waals surface area (Å²) in [6, 6.07) is 14.2. The highest BCUT2D eigenvalue weighted by molar-refractivity contribution is 6.32. The van der Waals surface area contributed by atoms with Crippen molar-refractivity contribution >= 4 is 23.2 Å². The second kappa shape index (κ2) is 9.03. The number of rotatable bonds is 6. The van der Waals surface area contributed by atoms with E-state index in [1.807, 2.05) is 18.2 Å². The molecule has 1 atom stereocenters. The van der Waals surface area contributed by atoms with E-state index in [1.165, 1.54) is 23.8 Å². The Kier molecular flexibility index (Phi) is 6.49. The van der Waals surface area contributed by atoms with Crippen LogP contribution in [-0.2, 0) is 11.3 Å². The van der Waals surface area contributed by atoms with Gasteiger partial charge in [-0.15, -0.1) is 0 Å². The maximum absolute atomic E-state index is 12.7. The van der Waals surface area contributed by atoms with Gasteiger partial charge < -0.3 is 9.64 Å². The molecule has 0 bridgehead atoms. The van der Waals surface area contributed by atoms with Gasteiger partial charge in [-0.1, -0.05) is 41.9 Å². The standard InChI is InChI=1S/C20H22ClN3O4/c1-15(28-19-8-7-17(24(26)27)13-18(19)21)20(25)23-11-9-22(10-12-23)14-16-5-3-2-4-6-16/h2-8,13,15H,9-12,14H2,1H3/t15-/m0/s1. The summed E-state index contributed by atoms with van der Waals surface area (Å²) in [5.74, 6) is 0.143. The number of halogens is 1. The summed E-state index contributed by atoms with van der Waals surface area (Å²) in [5, 5.41) is 10.9. The maximum atomic E-state index is 12.7. The van der Waals surface area contributed by atoms with Crippen LogP contribution in [0.3, 0.4) is 0 Å². The van der Waals surface area contributed by atoms with Crippen LogP contribution in [0.1, 0.15) is 12.5 Å². The molecule has 0 aliphatic carbocycles. The molecular weight excluding hydrogens is 382 g/mol. The minimum Gasteiger partial charge on any atom is -0.479 e. The molecule has 1 aliphatic heterocycles. The van der Waals surface area contributed by atoms with Crippen molar-refractivity contribution in [2.24, 2.45) is 0 Å². The quantitative estimate of drug-likeness (QED) is 0.546. The number of carbonyl (C=O) groups is 1. The van der Waals surface area contributed by atoms with E-state index in [0.717, 1.165) is 19.6 Å². The lowest BCUT2D eigenvalue weighted by Gasteiger charge is -2.35. The summed E-state index contributed by atoms with van der Waals surface area (Å²) in [6.45, 7) is 5.39. The number of non-ortho nitro benzene ring substituents is 1. The first-order valence-electron chi connectivity index (χ1n) is 9.09. The molecule has 148 valence electrons. The molecule has 1 fully saturated rings. The average Bonchev–Trinajstić information content (AvgIpc) is 2.70. The van der Waals surface area contributed by atoms with Crippen molar-refractivity contribution in [2.45, 2.75) is 19.6 Å². The zero-order valence-electron chi connectivity index (χ0n) is 15.6. The number of nitro benzene ring substituents is 1. The highest BCUT2D eigenvalue weighted by atomic mass is 35.5. The summed E-state index contributed by atoms with van der Waals surface area (Å²) in [7, 11) is 0. The third kappa shape index (κ3) is 4.99. The van der Waals surface area contributed by atoms with Crippen LogP contribution in [0, 0.1) is 10.1 Å². The second-order valence-corrected chi connectivity index (χ2v) is 7.13. The van der Waals surface area contributed by atoms with Crippen LogP contribution in [0.25, 0.3) is 0 Å². The molecule has 0 N–H and O–H groups in total. The molecule has 1 aliphatic rings. The number of piperazine rings is 1. The number of hydrogen-bond donors (Lipinski definition) is 0. The highest BCUT2D eigenvalue weighted by Gasteiger charge is 2.26. The molecule has 0 saturated carbocycles. The van der Waals surface area contributed by atoms with Crippen molar-refractivity contribution in [1.82, 2.24) is 9.80 Å². The van der Waals surface area contributed by atoms with E-state index >= 15 is 0 Å². The Bertz CT molecular complexity index is 839. The number of amides is 1. The Morgan fingerprint density at radius 1 is 1.18 bits per heavy atom. The van der Waals surface area contributed by atoms with Crippen molar-refractivity contribution in [2.75, 3.05) is 26.2 Å². The molecule has 0 radical (unpaired) electrons. The lowest BCUT2D eigenvalue weighted by atomic mass is 10.2. The van der Waals surface area contributed by atoms with Gasteiger partial charge in [0.1, 0.15) is 5.75 Å². The summed E-state index contributed by atoms with van der Waals surface area (Å²) in [4.78, 5) is 27.0. The first kappa shape index (κ1) is 20.1. The molecule has 3 rings (SSSR count). The molecule has 28 heavy (non-hydrogen) atoms. The smallest absolute Gasteiger partial charge is 0.271 e. The van der Waals surface area contributed by atoms with Gasteiger partial charge in [0.2, 0.25) is 0 Å². The van der Waals surface area contributed by atoms with Crippen molar-refractivity contribution in [3.63, 3.8) is 0 Å². The summed E-state index contributed by atoms with van der Waals surface area (Å²) in [6.07, 6.45) is -0.723. The predicted octanol–water partition coefficient (Wildman–Crippen LogP) is 3.36. The number of nitro groups is 1. The lowest BCUT2D eigenvalue weighted by Crippen LogP contribution is -2.51. The van der Waals surface area contributed by atoms with E-state index in [9.17, 15) is 14.9 Å². The topological polar surface area (TPSA) is 75.9 Å². The fraction of sp³-hybridized carbons (Fsp3) is 0.350. The fourth-order valence-electron chi connectivity index (χ4n) is 3.16. The van der Waals surface area contributed by atoms with Gasteiger partial charge in [0.05, 0.1) is 9.95 Å². The molecule has 1 heterocycles. The second-order valence-electron chi connectivity index (χ2n) is 6.72. The molecular formula is C20H22ClN3O4. The normalized spacial score (nSPS) is 15.9. The Morgan fingerprint density at radius 3 is 2.46 bits per heavy atom. The van der Waals surface area contributed by atoms with Crippen molar-refractivity contribution in [3.05, 3.63) is 69.2 Å². The predicted molar refractivity (Wildman–Crippen MR) is 106 cm³/mol. The molecule has 2 aromatic rings. The molecule has 1 saturated heterocycles. The third-order valence-corrected chi connectivity index (χ3v) is 5.01. The van der Waals surface area contributed by atoms with Crippen molar-refractivity contribution in [3.8, 4) is 5.75 Å². The summed E-state index contributed by atoms with van der Waals surface area (Å²) >= 11 is 6.04. The number of carbonyl (C=O) groups excluding carboxylic acids is 1. The molecule has 1 amide bonds. The van der Waals surface area contributed by atoms with Gasteiger partial charge in [-0.3, -0.25) is 19.8 Å². The van der Waals surface area contributed by atoms with Crippen molar-refractivity contribution in [1.29, 1.82) is 0 Å². The Labute approximate surface area is 168 Å². The molecule has 0 spiro atoms. The number of nitrogens with zero attached hydrogens (tertiary/aromatic N) is 3. The van der Waals surface area contributed by atoms with Gasteiger partial charge in [0.25, 0.3) is 11.6 Å². The summed E-state index contributed by atoms with van der Waals surface area (Å²) < 4.78 is 5.66. The minimum atomic E-state index is -0.723. The van der Waals surface area contributed by atoms with Crippen LogP contribution in [0.4, 0.5) is 5.69 Å². The van der Waals surface area contributed by atoms with E-state index in [2.05, 4.69) is 17.0 Å². The Morgan fingerprint density at radius 2 is 1.86 bits per heavy atom. The first-order chi connectivity index (χ1) is 13.4. The molecule has 0 aromatic heterocycles. The van der Waals surface area contributed by atoms with Gasteiger partial charge in [0.15, 0.2) is 6.10 Å². The monoisotopic (exact) mass is 403 g/mol. The van der Waals surface area contributed by atoms with Gasteiger partial charge in [-0.2, -0.15) is 0 Å².